The number of rotatable bonds is 2. The predicted octanol–water partition coefficient (Wildman–Crippen LogP) is -2.14. The number of aliphatic hydroxyl groups is 3. The summed E-state index contributed by atoms with van der Waals surface area (Å²) in [4.78, 5) is 24.5. The highest BCUT2D eigenvalue weighted by molar-refractivity contribution is 8.00. The number of aliphatic hydroxyl groups excluding tert-OH is 3. The normalized spacial score (nSPS) is 32.9. The Morgan fingerprint density at radius 2 is 2.06 bits per heavy atom. The van der Waals surface area contributed by atoms with Crippen molar-refractivity contribution < 1.29 is 15.3 Å². The van der Waals surface area contributed by atoms with Crippen LogP contribution in [0.25, 0.3) is 0 Å². The van der Waals surface area contributed by atoms with Crippen molar-refractivity contribution in [1.82, 2.24) is 9.55 Å². The van der Waals surface area contributed by atoms with E-state index in [1.54, 1.807) is 0 Å². The number of aromatic nitrogens is 2. The SMILES string of the molecule is O=c1ccn([C@@H]2SC(CO)[C@@H](O)[C@H]2O)c(=O)[nH]1. The fraction of sp³-hybridized carbons (Fsp3) is 0.556. The lowest BCUT2D eigenvalue weighted by molar-refractivity contribution is 0.0101. The Morgan fingerprint density at radius 3 is 2.59 bits per heavy atom. The highest BCUT2D eigenvalue weighted by Crippen LogP contribution is 2.40. The molecule has 0 radical (unpaired) electrons. The van der Waals surface area contributed by atoms with E-state index < -0.39 is 34.1 Å². The van der Waals surface area contributed by atoms with Crippen molar-refractivity contribution in [3.05, 3.63) is 33.1 Å². The largest absolute Gasteiger partial charge is 0.395 e. The molecule has 0 aliphatic carbocycles. The third kappa shape index (κ3) is 2.16. The first-order chi connectivity index (χ1) is 8.04. The molecule has 17 heavy (non-hydrogen) atoms. The van der Waals surface area contributed by atoms with Gasteiger partial charge in [0.1, 0.15) is 11.5 Å². The van der Waals surface area contributed by atoms with Gasteiger partial charge >= 0.3 is 5.69 Å². The average molecular weight is 260 g/mol. The average Bonchev–Trinajstić information content (AvgIpc) is 2.57. The van der Waals surface area contributed by atoms with Gasteiger partial charge in [0, 0.05) is 12.3 Å². The van der Waals surface area contributed by atoms with Crippen molar-refractivity contribution in [2.24, 2.45) is 0 Å². The summed E-state index contributed by atoms with van der Waals surface area (Å²) in [6, 6.07) is 1.16. The molecule has 1 aliphatic rings. The number of hydrogen-bond acceptors (Lipinski definition) is 6. The van der Waals surface area contributed by atoms with E-state index in [2.05, 4.69) is 4.98 Å². The lowest BCUT2D eigenvalue weighted by Gasteiger charge is -2.17. The van der Waals surface area contributed by atoms with Crippen LogP contribution in [0.3, 0.4) is 0 Å². The zero-order valence-electron chi connectivity index (χ0n) is 8.68. The van der Waals surface area contributed by atoms with Gasteiger partial charge in [-0.25, -0.2) is 4.79 Å². The minimum absolute atomic E-state index is 0.294. The molecule has 1 unspecified atom stereocenters. The monoisotopic (exact) mass is 260 g/mol. The number of aromatic amines is 1. The number of nitrogens with one attached hydrogen (secondary N) is 1. The highest BCUT2D eigenvalue weighted by atomic mass is 32.2. The smallest absolute Gasteiger partial charge is 0.329 e. The first kappa shape index (κ1) is 12.4. The Kier molecular flexibility index (Phi) is 3.38. The molecule has 4 N–H and O–H groups in total. The molecule has 94 valence electrons. The summed E-state index contributed by atoms with van der Waals surface area (Å²) in [5.41, 5.74) is -1.18. The minimum Gasteiger partial charge on any atom is -0.395 e. The van der Waals surface area contributed by atoms with E-state index in [4.69, 9.17) is 5.11 Å². The molecule has 1 fully saturated rings. The third-order valence-electron chi connectivity index (χ3n) is 2.64. The van der Waals surface area contributed by atoms with Crippen LogP contribution in [0, 0.1) is 0 Å². The van der Waals surface area contributed by atoms with Crippen LogP contribution in [0.1, 0.15) is 5.37 Å². The molecule has 1 aromatic rings. The van der Waals surface area contributed by atoms with E-state index in [0.29, 0.717) is 0 Å². The fourth-order valence-corrected chi connectivity index (χ4v) is 3.12. The summed E-state index contributed by atoms with van der Waals surface area (Å²) < 4.78 is 1.13. The molecule has 0 bridgehead atoms. The maximum atomic E-state index is 11.5. The summed E-state index contributed by atoms with van der Waals surface area (Å²) in [7, 11) is 0. The van der Waals surface area contributed by atoms with Gasteiger partial charge in [0.25, 0.3) is 5.56 Å². The second kappa shape index (κ2) is 4.65. The van der Waals surface area contributed by atoms with Gasteiger partial charge in [0.2, 0.25) is 0 Å². The minimum atomic E-state index is -1.17. The maximum absolute atomic E-state index is 11.5. The Bertz CT molecular complexity index is 513. The van der Waals surface area contributed by atoms with Crippen LogP contribution < -0.4 is 11.2 Å². The first-order valence-electron chi connectivity index (χ1n) is 4.98. The molecule has 1 aliphatic heterocycles. The molecule has 2 rings (SSSR count). The van der Waals surface area contributed by atoms with E-state index in [0.717, 1.165) is 22.4 Å². The molecule has 0 spiro atoms. The van der Waals surface area contributed by atoms with E-state index in [1.165, 1.54) is 6.20 Å². The molecule has 1 aromatic heterocycles. The van der Waals surface area contributed by atoms with Crippen LogP contribution in [-0.4, -0.2) is 48.9 Å². The van der Waals surface area contributed by atoms with E-state index >= 15 is 0 Å². The molecule has 2 heterocycles. The van der Waals surface area contributed by atoms with Crippen molar-refractivity contribution >= 4 is 11.8 Å². The summed E-state index contributed by atoms with van der Waals surface area (Å²) >= 11 is 1.09. The zero-order valence-corrected chi connectivity index (χ0v) is 9.50. The Balaban J connectivity index is 2.35. The fourth-order valence-electron chi connectivity index (χ4n) is 1.74. The van der Waals surface area contributed by atoms with Crippen LogP contribution >= 0.6 is 11.8 Å². The third-order valence-corrected chi connectivity index (χ3v) is 4.20. The predicted molar refractivity (Wildman–Crippen MR) is 60.8 cm³/mol. The Labute approximate surface area is 99.7 Å². The number of nitrogens with zero attached hydrogens (tertiary/aromatic N) is 1. The molecule has 4 atom stereocenters. The van der Waals surface area contributed by atoms with Crippen molar-refractivity contribution in [3.8, 4) is 0 Å². The second-order valence-corrected chi connectivity index (χ2v) is 5.11. The Hall–Kier alpha value is -1.09. The lowest BCUT2D eigenvalue weighted by atomic mass is 10.1. The Morgan fingerprint density at radius 1 is 1.35 bits per heavy atom. The number of hydrogen-bond donors (Lipinski definition) is 4. The van der Waals surface area contributed by atoms with Crippen LogP contribution in [0.5, 0.6) is 0 Å². The van der Waals surface area contributed by atoms with Crippen molar-refractivity contribution in [3.63, 3.8) is 0 Å². The van der Waals surface area contributed by atoms with Crippen LogP contribution in [-0.2, 0) is 0 Å². The van der Waals surface area contributed by atoms with Crippen LogP contribution in [0.15, 0.2) is 21.9 Å². The van der Waals surface area contributed by atoms with Crippen LogP contribution in [0.4, 0.5) is 0 Å². The van der Waals surface area contributed by atoms with Gasteiger partial charge < -0.3 is 15.3 Å². The summed E-state index contributed by atoms with van der Waals surface area (Å²) in [5.74, 6) is 0. The van der Waals surface area contributed by atoms with Gasteiger partial charge in [0.15, 0.2) is 0 Å². The van der Waals surface area contributed by atoms with E-state index in [9.17, 15) is 19.8 Å². The molecular formula is C9H12N2O5S. The standard InChI is InChI=1S/C9H12N2O5S/c12-3-4-6(14)7(15)8(17-4)11-2-1-5(13)10-9(11)16/h1-2,4,6-8,12,14-15H,3H2,(H,10,13,16)/t4?,6-,7-,8-/m1/s1. The van der Waals surface area contributed by atoms with Crippen LogP contribution in [0.2, 0.25) is 0 Å². The van der Waals surface area contributed by atoms with E-state index in [-0.39, 0.29) is 6.61 Å². The van der Waals surface area contributed by atoms with Crippen molar-refractivity contribution in [2.75, 3.05) is 6.61 Å². The van der Waals surface area contributed by atoms with E-state index in [1.807, 2.05) is 0 Å². The first-order valence-corrected chi connectivity index (χ1v) is 5.93. The molecule has 1 saturated heterocycles. The molecule has 0 aromatic carbocycles. The highest BCUT2D eigenvalue weighted by Gasteiger charge is 2.43. The molecule has 0 saturated carbocycles. The maximum Gasteiger partial charge on any atom is 0.329 e. The topological polar surface area (TPSA) is 116 Å². The number of H-pyrrole nitrogens is 1. The lowest BCUT2D eigenvalue weighted by Crippen LogP contribution is -2.37. The van der Waals surface area contributed by atoms with Gasteiger partial charge in [-0.1, -0.05) is 0 Å². The summed E-state index contributed by atoms with van der Waals surface area (Å²) in [6.07, 6.45) is -1.01. The van der Waals surface area contributed by atoms with Gasteiger partial charge in [-0.2, -0.15) is 0 Å². The van der Waals surface area contributed by atoms with Gasteiger partial charge in [-0.3, -0.25) is 14.3 Å². The molecule has 7 nitrogen and oxygen atoms in total. The molecule has 0 amide bonds. The summed E-state index contributed by atoms with van der Waals surface area (Å²) in [6.45, 7) is -0.294. The van der Waals surface area contributed by atoms with Gasteiger partial charge in [0.05, 0.1) is 18.0 Å². The van der Waals surface area contributed by atoms with Gasteiger partial charge in [-0.15, -0.1) is 11.8 Å². The van der Waals surface area contributed by atoms with Gasteiger partial charge in [-0.05, 0) is 0 Å². The molecule has 8 heteroatoms. The zero-order chi connectivity index (χ0) is 12.6. The number of thioether (sulfide) groups is 1. The van der Waals surface area contributed by atoms with Crippen molar-refractivity contribution in [1.29, 1.82) is 0 Å². The molecular weight excluding hydrogens is 248 g/mol. The quantitative estimate of drug-likeness (QED) is 0.482. The summed E-state index contributed by atoms with van der Waals surface area (Å²) in [5, 5.41) is 27.1. The second-order valence-electron chi connectivity index (χ2n) is 3.75. The van der Waals surface area contributed by atoms with Crippen molar-refractivity contribution in [2.45, 2.75) is 22.8 Å².